The molecule has 0 spiro atoms. The fourth-order valence-corrected chi connectivity index (χ4v) is 2.66. The summed E-state index contributed by atoms with van der Waals surface area (Å²) in [6.45, 7) is -0.674. The highest BCUT2D eigenvalue weighted by Gasteiger charge is 2.65. The van der Waals surface area contributed by atoms with E-state index in [-0.39, 0.29) is 24.8 Å². The highest BCUT2D eigenvalue weighted by atomic mass is 19.4. The normalized spacial score (nSPS) is 15.7. The fraction of sp³-hybridized carbons (Fsp3) is 0.412. The summed E-state index contributed by atoms with van der Waals surface area (Å²) in [5.74, 6) is -3.45. The second kappa shape index (κ2) is 9.09. The number of hydrazine groups is 1. The second-order valence-corrected chi connectivity index (χ2v) is 6.61. The Morgan fingerprint density at radius 2 is 1.73 bits per heavy atom. The monoisotopic (exact) mass is 431 g/mol. The Morgan fingerprint density at radius 1 is 1.13 bits per heavy atom. The van der Waals surface area contributed by atoms with Crippen LogP contribution in [0.1, 0.15) is 24.0 Å². The molecule has 0 radical (unpaired) electrons. The maximum absolute atomic E-state index is 13.1. The van der Waals surface area contributed by atoms with Gasteiger partial charge in [-0.25, -0.2) is 10.9 Å². The fourth-order valence-electron chi connectivity index (χ4n) is 2.66. The summed E-state index contributed by atoms with van der Waals surface area (Å²) in [7, 11) is 0. The molecule has 1 unspecified atom stereocenters. The van der Waals surface area contributed by atoms with Crippen molar-refractivity contribution < 1.29 is 37.5 Å². The van der Waals surface area contributed by atoms with E-state index in [1.807, 2.05) is 0 Å². The lowest BCUT2D eigenvalue weighted by molar-refractivity contribution is -0.165. The summed E-state index contributed by atoms with van der Waals surface area (Å²) in [6, 6.07) is 3.91. The SMILES string of the molecule is NC(=O)CCC(NC(=O)Cc1ccc(C2(C(F)(F)F)NN2)cc1)C(=O)NCC(=O)O. The van der Waals surface area contributed by atoms with E-state index in [1.165, 1.54) is 24.3 Å². The van der Waals surface area contributed by atoms with Gasteiger partial charge in [0.2, 0.25) is 23.4 Å². The van der Waals surface area contributed by atoms with Crippen LogP contribution in [0.5, 0.6) is 0 Å². The van der Waals surface area contributed by atoms with Gasteiger partial charge in [0.1, 0.15) is 12.6 Å². The van der Waals surface area contributed by atoms with E-state index in [1.54, 1.807) is 0 Å². The zero-order chi connectivity index (χ0) is 22.5. The quantitative estimate of drug-likeness (QED) is 0.257. The van der Waals surface area contributed by atoms with Gasteiger partial charge in [0.15, 0.2) is 0 Å². The van der Waals surface area contributed by atoms with Crippen LogP contribution in [0.4, 0.5) is 13.2 Å². The van der Waals surface area contributed by atoms with Crippen molar-refractivity contribution in [2.45, 2.75) is 37.1 Å². The molecule has 13 heteroatoms. The number of primary amides is 1. The van der Waals surface area contributed by atoms with Gasteiger partial charge in [-0.15, -0.1) is 0 Å². The number of carbonyl (C=O) groups excluding carboxylic acids is 3. The van der Waals surface area contributed by atoms with Crippen LogP contribution in [-0.2, 0) is 31.3 Å². The average molecular weight is 431 g/mol. The van der Waals surface area contributed by atoms with E-state index in [0.29, 0.717) is 5.56 Å². The van der Waals surface area contributed by atoms with Crippen molar-refractivity contribution in [3.05, 3.63) is 35.4 Å². The van der Waals surface area contributed by atoms with Crippen LogP contribution in [0.3, 0.4) is 0 Å². The van der Waals surface area contributed by atoms with E-state index in [4.69, 9.17) is 10.8 Å². The molecular weight excluding hydrogens is 411 g/mol. The average Bonchev–Trinajstić information content (AvgIpc) is 3.45. The van der Waals surface area contributed by atoms with E-state index in [0.717, 1.165) is 0 Å². The third-order valence-corrected chi connectivity index (χ3v) is 4.30. The second-order valence-electron chi connectivity index (χ2n) is 6.61. The van der Waals surface area contributed by atoms with Crippen molar-refractivity contribution in [1.29, 1.82) is 0 Å². The Kier molecular flexibility index (Phi) is 7.00. The first-order valence-electron chi connectivity index (χ1n) is 8.72. The van der Waals surface area contributed by atoms with Gasteiger partial charge in [0, 0.05) is 6.42 Å². The van der Waals surface area contributed by atoms with Crippen molar-refractivity contribution in [1.82, 2.24) is 21.5 Å². The molecule has 1 aromatic rings. The van der Waals surface area contributed by atoms with Gasteiger partial charge < -0.3 is 21.5 Å². The number of hydrogen-bond donors (Lipinski definition) is 6. The molecule has 1 atom stereocenters. The molecule has 1 aliphatic rings. The topological polar surface area (TPSA) is 182 Å². The van der Waals surface area contributed by atoms with Crippen molar-refractivity contribution in [2.24, 2.45) is 5.73 Å². The number of aliphatic carboxylic acids is 1. The van der Waals surface area contributed by atoms with Gasteiger partial charge in [0.05, 0.1) is 6.42 Å². The highest BCUT2D eigenvalue weighted by molar-refractivity contribution is 5.90. The Labute approximate surface area is 168 Å². The summed E-state index contributed by atoms with van der Waals surface area (Å²) in [4.78, 5) is 45.8. The molecule has 0 aliphatic carbocycles. The van der Waals surface area contributed by atoms with Crippen LogP contribution in [0.15, 0.2) is 24.3 Å². The molecule has 1 aliphatic heterocycles. The summed E-state index contributed by atoms with van der Waals surface area (Å²) in [6.07, 6.45) is -5.17. The van der Waals surface area contributed by atoms with Gasteiger partial charge in [-0.3, -0.25) is 19.2 Å². The molecule has 30 heavy (non-hydrogen) atoms. The molecule has 1 aromatic carbocycles. The number of halogens is 3. The summed E-state index contributed by atoms with van der Waals surface area (Å²) >= 11 is 0. The van der Waals surface area contributed by atoms with Gasteiger partial charge in [-0.2, -0.15) is 13.2 Å². The number of benzene rings is 1. The van der Waals surface area contributed by atoms with Crippen LogP contribution >= 0.6 is 0 Å². The van der Waals surface area contributed by atoms with Crippen LogP contribution in [0.2, 0.25) is 0 Å². The van der Waals surface area contributed by atoms with Crippen molar-refractivity contribution >= 4 is 23.7 Å². The standard InChI is InChI=1S/C17H20F3N5O5/c18-17(19,20)16(24-25-16)10-3-1-9(2-4-10)7-13(27)23-11(5-6-12(21)26)15(30)22-8-14(28)29/h1-4,11,24-25H,5-8H2,(H2,21,26)(H,22,30)(H,23,27)(H,28,29). The van der Waals surface area contributed by atoms with Crippen molar-refractivity contribution in [3.63, 3.8) is 0 Å². The summed E-state index contributed by atoms with van der Waals surface area (Å²) < 4.78 is 39.2. The largest absolute Gasteiger partial charge is 0.480 e. The van der Waals surface area contributed by atoms with E-state index in [2.05, 4.69) is 21.5 Å². The first-order chi connectivity index (χ1) is 13.9. The molecule has 0 bridgehead atoms. The van der Waals surface area contributed by atoms with E-state index < -0.39 is 48.1 Å². The maximum Gasteiger partial charge on any atom is 0.426 e. The van der Waals surface area contributed by atoms with Crippen LogP contribution < -0.4 is 27.2 Å². The van der Waals surface area contributed by atoms with Crippen LogP contribution in [0.25, 0.3) is 0 Å². The molecule has 1 fully saturated rings. The maximum atomic E-state index is 13.1. The zero-order valence-corrected chi connectivity index (χ0v) is 15.5. The molecular formula is C17H20F3N5O5. The predicted molar refractivity (Wildman–Crippen MR) is 95.2 cm³/mol. The lowest BCUT2D eigenvalue weighted by Gasteiger charge is -2.18. The minimum Gasteiger partial charge on any atom is -0.480 e. The van der Waals surface area contributed by atoms with Gasteiger partial charge in [-0.05, 0) is 17.5 Å². The Balaban J connectivity index is 1.99. The van der Waals surface area contributed by atoms with Gasteiger partial charge >= 0.3 is 12.1 Å². The summed E-state index contributed by atoms with van der Waals surface area (Å²) in [5.41, 5.74) is 7.17. The molecule has 164 valence electrons. The first-order valence-corrected chi connectivity index (χ1v) is 8.72. The molecule has 2 rings (SSSR count). The summed E-state index contributed by atoms with van der Waals surface area (Å²) in [5, 5.41) is 13.1. The Hall–Kier alpha value is -3.19. The number of carbonyl (C=O) groups is 4. The Bertz CT molecular complexity index is 824. The third kappa shape index (κ3) is 5.90. The molecule has 3 amide bonds. The number of nitrogens with one attached hydrogen (secondary N) is 4. The molecule has 0 saturated carbocycles. The first kappa shape index (κ1) is 23.1. The van der Waals surface area contributed by atoms with Crippen LogP contribution in [-0.4, -0.2) is 47.6 Å². The Morgan fingerprint density at radius 3 is 2.20 bits per heavy atom. The smallest absolute Gasteiger partial charge is 0.426 e. The van der Waals surface area contributed by atoms with Gasteiger partial charge in [-0.1, -0.05) is 24.3 Å². The third-order valence-electron chi connectivity index (χ3n) is 4.30. The van der Waals surface area contributed by atoms with Crippen molar-refractivity contribution in [2.75, 3.05) is 6.54 Å². The number of hydrogen-bond acceptors (Lipinski definition) is 6. The number of nitrogens with two attached hydrogens (primary N) is 1. The number of carboxylic acid groups (broad SMARTS) is 1. The van der Waals surface area contributed by atoms with Crippen LogP contribution in [0, 0.1) is 0 Å². The zero-order valence-electron chi connectivity index (χ0n) is 15.5. The lowest BCUT2D eigenvalue weighted by Crippen LogP contribution is -2.48. The van der Waals surface area contributed by atoms with Gasteiger partial charge in [0.25, 0.3) is 0 Å². The highest BCUT2D eigenvalue weighted by Crippen LogP contribution is 2.41. The number of rotatable bonds is 10. The predicted octanol–water partition coefficient (Wildman–Crippen LogP) is -0.997. The molecule has 0 aromatic heterocycles. The van der Waals surface area contributed by atoms with E-state index in [9.17, 15) is 32.3 Å². The molecule has 10 nitrogen and oxygen atoms in total. The number of alkyl halides is 3. The minimum atomic E-state index is -4.55. The number of carboxylic acids is 1. The minimum absolute atomic E-state index is 0.0773. The van der Waals surface area contributed by atoms with Crippen molar-refractivity contribution in [3.8, 4) is 0 Å². The number of amides is 3. The molecule has 1 heterocycles. The lowest BCUT2D eigenvalue weighted by atomic mass is 10.0. The molecule has 1 saturated heterocycles. The van der Waals surface area contributed by atoms with E-state index >= 15 is 0 Å². The molecule has 7 N–H and O–H groups in total.